The second-order valence-electron chi connectivity index (χ2n) is 11.3. The fraction of sp³-hybridized carbons (Fsp3) is 0.222. The van der Waals surface area contributed by atoms with Gasteiger partial charge in [0.25, 0.3) is 5.91 Å². The molecule has 1 heterocycles. The van der Waals surface area contributed by atoms with E-state index in [1.807, 2.05) is 12.1 Å². The summed E-state index contributed by atoms with van der Waals surface area (Å²) in [5, 5.41) is 17.9. The first-order chi connectivity index (χ1) is 23.6. The Morgan fingerprint density at radius 2 is 1.78 bits per heavy atom. The number of methoxy groups -OCH3 is 1. The minimum absolute atomic E-state index is 0.0347. The van der Waals surface area contributed by atoms with E-state index in [0.717, 1.165) is 5.56 Å². The molecule has 5 aromatic rings. The van der Waals surface area contributed by atoms with Crippen LogP contribution in [0, 0.1) is 5.82 Å². The maximum atomic E-state index is 15.1. The molecule has 0 radical (unpaired) electrons. The van der Waals surface area contributed by atoms with Crippen molar-refractivity contribution in [1.82, 2.24) is 10.3 Å². The van der Waals surface area contributed by atoms with Gasteiger partial charge in [0.05, 0.1) is 23.7 Å². The van der Waals surface area contributed by atoms with Crippen molar-refractivity contribution in [2.24, 2.45) is 5.73 Å². The number of hydrogen-bond donors (Lipinski definition) is 5. The Morgan fingerprint density at radius 1 is 1.00 bits per heavy atom. The zero-order chi connectivity index (χ0) is 34.9. The lowest BCUT2D eigenvalue weighted by Crippen LogP contribution is -2.41. The topological polar surface area (TPSA) is 169 Å². The molecule has 1 atom stereocenters. The molecule has 0 aliphatic rings. The van der Waals surface area contributed by atoms with Crippen LogP contribution in [0.5, 0.6) is 5.75 Å². The van der Waals surface area contributed by atoms with Gasteiger partial charge >= 0.3 is 5.97 Å². The van der Waals surface area contributed by atoms with E-state index in [1.165, 1.54) is 6.07 Å². The summed E-state index contributed by atoms with van der Waals surface area (Å²) in [6, 6.07) is 21.0. The molecule has 0 spiro atoms. The van der Waals surface area contributed by atoms with E-state index in [1.54, 1.807) is 67.8 Å². The van der Waals surface area contributed by atoms with E-state index in [4.69, 9.17) is 14.9 Å². The first kappa shape index (κ1) is 35.0. The molecule has 0 bridgehead atoms. The van der Waals surface area contributed by atoms with Gasteiger partial charge in [-0.2, -0.15) is 0 Å². The van der Waals surface area contributed by atoms with Crippen LogP contribution in [0.1, 0.15) is 40.7 Å². The number of fused-ring (bicyclic) bond motifs is 1. The number of aliphatic carboxylic acids is 1. The van der Waals surface area contributed by atoms with E-state index in [2.05, 4.69) is 36.9 Å². The fourth-order valence-corrected chi connectivity index (χ4v) is 5.63. The summed E-state index contributed by atoms with van der Waals surface area (Å²) in [4.78, 5) is 41.2. The average Bonchev–Trinajstić information content (AvgIpc) is 3.51. The highest BCUT2D eigenvalue weighted by Gasteiger charge is 2.20. The number of nitrogens with two attached hydrogens (primary N) is 1. The highest BCUT2D eigenvalue weighted by atomic mass is 79.9. The summed E-state index contributed by atoms with van der Waals surface area (Å²) in [7, 11) is 1.55. The van der Waals surface area contributed by atoms with Crippen molar-refractivity contribution < 1.29 is 33.0 Å². The van der Waals surface area contributed by atoms with Crippen molar-refractivity contribution in [2.75, 3.05) is 24.3 Å². The second kappa shape index (κ2) is 16.2. The van der Waals surface area contributed by atoms with Crippen molar-refractivity contribution in [2.45, 2.75) is 38.3 Å². The van der Waals surface area contributed by atoms with Gasteiger partial charge in [0, 0.05) is 23.4 Å². The molecule has 11 nitrogen and oxygen atoms in total. The first-order valence-electron chi connectivity index (χ1n) is 15.5. The standard InChI is InChI=1S/C36H35BrFN5O6/c1-48-31-14-9-23(18-26(31)37)34(45)41-25-10-5-21(6-11-25)20-40-28-12-8-24(19-27(28)38)35-43-30-16-22(7-13-32(30)49-35)17-33(44)42-29(36(46)47)4-2-3-15-39/h5-14,16,18-19,29,40H,2-4,15,17,20,39H2,1H3,(H,41,45)(H,42,44)(H,46,47). The van der Waals surface area contributed by atoms with Crippen molar-refractivity contribution in [1.29, 1.82) is 0 Å². The Morgan fingerprint density at radius 3 is 2.47 bits per heavy atom. The number of carbonyl (C=O) groups excluding carboxylic acids is 2. The summed E-state index contributed by atoms with van der Waals surface area (Å²) >= 11 is 3.39. The van der Waals surface area contributed by atoms with E-state index < -0.39 is 23.7 Å². The van der Waals surface area contributed by atoms with Gasteiger partial charge in [0.2, 0.25) is 11.8 Å². The lowest BCUT2D eigenvalue weighted by molar-refractivity contribution is -0.142. The maximum absolute atomic E-state index is 15.1. The van der Waals surface area contributed by atoms with Gasteiger partial charge in [0.15, 0.2) is 5.58 Å². The summed E-state index contributed by atoms with van der Waals surface area (Å²) in [5.41, 5.74) is 9.74. The predicted molar refractivity (Wildman–Crippen MR) is 188 cm³/mol. The molecule has 0 saturated heterocycles. The number of unbranched alkanes of at least 4 members (excludes halogenated alkanes) is 1. The molecule has 49 heavy (non-hydrogen) atoms. The number of aromatic nitrogens is 1. The van der Waals surface area contributed by atoms with Crippen molar-refractivity contribution in [3.63, 3.8) is 0 Å². The lowest BCUT2D eigenvalue weighted by Gasteiger charge is -2.14. The van der Waals surface area contributed by atoms with E-state index in [0.29, 0.717) is 81.7 Å². The van der Waals surface area contributed by atoms with Gasteiger partial charge in [-0.05, 0) is 114 Å². The Bertz CT molecular complexity index is 1970. The fourth-order valence-electron chi connectivity index (χ4n) is 5.09. The van der Waals surface area contributed by atoms with Gasteiger partial charge < -0.3 is 35.9 Å². The van der Waals surface area contributed by atoms with Crippen LogP contribution in [0.2, 0.25) is 0 Å². The van der Waals surface area contributed by atoms with E-state index in [-0.39, 0.29) is 18.2 Å². The summed E-state index contributed by atoms with van der Waals surface area (Å²) in [6.07, 6.45) is 1.54. The summed E-state index contributed by atoms with van der Waals surface area (Å²) in [5.74, 6) is -1.43. The van der Waals surface area contributed by atoms with Crippen molar-refractivity contribution in [3.8, 4) is 17.2 Å². The number of carboxylic acids is 1. The van der Waals surface area contributed by atoms with Crippen LogP contribution >= 0.6 is 15.9 Å². The monoisotopic (exact) mass is 731 g/mol. The number of nitrogens with one attached hydrogen (secondary N) is 3. The minimum Gasteiger partial charge on any atom is -0.496 e. The predicted octanol–water partition coefficient (Wildman–Crippen LogP) is 6.51. The number of hydrogen-bond acceptors (Lipinski definition) is 8. The number of amides is 2. The van der Waals surface area contributed by atoms with Crippen molar-refractivity contribution in [3.05, 3.63) is 106 Å². The number of ether oxygens (including phenoxy) is 1. The van der Waals surface area contributed by atoms with E-state index in [9.17, 15) is 19.5 Å². The quantitative estimate of drug-likeness (QED) is 0.0754. The Balaban J connectivity index is 1.17. The molecule has 4 aromatic carbocycles. The Kier molecular flexibility index (Phi) is 11.6. The molecule has 0 aliphatic carbocycles. The average molecular weight is 733 g/mol. The molecule has 254 valence electrons. The molecule has 0 fully saturated rings. The van der Waals surface area contributed by atoms with Crippen LogP contribution in [0.25, 0.3) is 22.6 Å². The van der Waals surface area contributed by atoms with Crippen LogP contribution < -0.4 is 26.4 Å². The third-order valence-corrected chi connectivity index (χ3v) is 8.34. The number of halogens is 2. The van der Waals surface area contributed by atoms with Crippen LogP contribution in [0.15, 0.2) is 87.8 Å². The van der Waals surface area contributed by atoms with Gasteiger partial charge in [-0.3, -0.25) is 9.59 Å². The van der Waals surface area contributed by atoms with Crippen LogP contribution in [-0.4, -0.2) is 47.6 Å². The molecule has 0 aliphatic heterocycles. The van der Waals surface area contributed by atoms with Crippen LogP contribution in [-0.2, 0) is 22.6 Å². The second-order valence-corrected chi connectivity index (χ2v) is 12.1. The van der Waals surface area contributed by atoms with Crippen LogP contribution in [0.4, 0.5) is 15.8 Å². The number of benzene rings is 4. The van der Waals surface area contributed by atoms with Gasteiger partial charge in [-0.1, -0.05) is 18.2 Å². The molecule has 6 N–H and O–H groups in total. The zero-order valence-electron chi connectivity index (χ0n) is 26.6. The molecular weight excluding hydrogens is 697 g/mol. The highest BCUT2D eigenvalue weighted by molar-refractivity contribution is 9.10. The zero-order valence-corrected chi connectivity index (χ0v) is 28.2. The SMILES string of the molecule is COc1ccc(C(=O)Nc2ccc(CNc3ccc(-c4nc5cc(CC(=O)NC(CCCCN)C(=O)O)ccc5o4)cc3F)cc2)cc1Br. The minimum atomic E-state index is -1.09. The summed E-state index contributed by atoms with van der Waals surface area (Å²) in [6.45, 7) is 0.801. The lowest BCUT2D eigenvalue weighted by atomic mass is 10.1. The normalized spacial score (nSPS) is 11.6. The molecule has 1 aromatic heterocycles. The third kappa shape index (κ3) is 9.21. The van der Waals surface area contributed by atoms with E-state index >= 15 is 4.39 Å². The number of carbonyl (C=O) groups is 3. The van der Waals surface area contributed by atoms with Crippen molar-refractivity contribution >= 4 is 56.2 Å². The Hall–Kier alpha value is -5.27. The molecular formula is C36H35BrFN5O6. The summed E-state index contributed by atoms with van der Waals surface area (Å²) < 4.78 is 26.9. The molecule has 13 heteroatoms. The van der Waals surface area contributed by atoms with Gasteiger partial charge in [0.1, 0.15) is 23.1 Å². The first-order valence-corrected chi connectivity index (χ1v) is 16.3. The highest BCUT2D eigenvalue weighted by Crippen LogP contribution is 2.29. The molecule has 5 rings (SSSR count). The Labute approximate surface area is 290 Å². The number of anilines is 2. The molecule has 2 amide bonds. The number of rotatable bonds is 15. The number of nitrogens with zero attached hydrogens (tertiary/aromatic N) is 1. The number of oxazole rings is 1. The largest absolute Gasteiger partial charge is 0.496 e. The molecule has 1 unspecified atom stereocenters. The molecule has 0 saturated carbocycles. The number of carboxylic acid groups (broad SMARTS) is 1. The van der Waals surface area contributed by atoms with Gasteiger partial charge in [-0.15, -0.1) is 0 Å². The van der Waals surface area contributed by atoms with Gasteiger partial charge in [-0.25, -0.2) is 14.2 Å². The maximum Gasteiger partial charge on any atom is 0.326 e. The smallest absolute Gasteiger partial charge is 0.326 e. The third-order valence-electron chi connectivity index (χ3n) is 7.72. The van der Waals surface area contributed by atoms with Crippen LogP contribution in [0.3, 0.4) is 0 Å².